The lowest BCUT2D eigenvalue weighted by Crippen LogP contribution is -2.07. The first-order valence-electron chi connectivity index (χ1n) is 8.62. The van der Waals surface area contributed by atoms with E-state index < -0.39 is 15.8 Å². The van der Waals surface area contributed by atoms with Crippen LogP contribution in [-0.4, -0.2) is 29.7 Å². The molecule has 9 heteroatoms. The number of sulfone groups is 1. The van der Waals surface area contributed by atoms with E-state index in [0.717, 1.165) is 5.56 Å². The van der Waals surface area contributed by atoms with Crippen molar-refractivity contribution in [2.45, 2.75) is 22.6 Å². The number of rotatable bonds is 6. The van der Waals surface area contributed by atoms with Crippen LogP contribution in [0.4, 0.5) is 0 Å². The predicted octanol–water partition coefficient (Wildman–Crippen LogP) is 4.67. The molecule has 0 radical (unpaired) electrons. The number of carboxylic acids is 1. The minimum atomic E-state index is -3.98. The van der Waals surface area contributed by atoms with E-state index in [-0.39, 0.29) is 43.1 Å². The maximum atomic E-state index is 13.3. The molecule has 0 atom stereocenters. The molecule has 0 aliphatic rings. The van der Waals surface area contributed by atoms with Gasteiger partial charge in [0, 0.05) is 15.4 Å². The Morgan fingerprint density at radius 2 is 1.47 bits per heavy atom. The van der Waals surface area contributed by atoms with Gasteiger partial charge in [-0.15, -0.1) is 0 Å². The van der Waals surface area contributed by atoms with Crippen molar-refractivity contribution in [3.8, 4) is 11.5 Å². The van der Waals surface area contributed by atoms with Gasteiger partial charge in [0.05, 0.1) is 11.3 Å². The maximum absolute atomic E-state index is 13.3. The van der Waals surface area contributed by atoms with Crippen molar-refractivity contribution in [1.82, 2.24) is 0 Å². The summed E-state index contributed by atoms with van der Waals surface area (Å²) in [4.78, 5) is 10.9. The van der Waals surface area contributed by atoms with Gasteiger partial charge in [0.1, 0.15) is 16.4 Å². The topological polar surface area (TPSA) is 112 Å². The van der Waals surface area contributed by atoms with Crippen LogP contribution < -0.4 is 0 Å². The molecule has 3 rings (SSSR count). The average molecular weight is 556 g/mol. The molecule has 3 N–H and O–H groups in total. The highest BCUT2D eigenvalue weighted by atomic mass is 79.9. The molecule has 0 fully saturated rings. The number of aliphatic carboxylic acids is 1. The summed E-state index contributed by atoms with van der Waals surface area (Å²) in [5.74, 6) is -0.959. The summed E-state index contributed by atoms with van der Waals surface area (Å²) < 4.78 is 27.0. The number of halogens is 2. The maximum Gasteiger partial charge on any atom is 0.307 e. The zero-order valence-electron chi connectivity index (χ0n) is 15.3. The van der Waals surface area contributed by atoms with Gasteiger partial charge in [-0.1, -0.05) is 12.1 Å². The molecule has 3 aromatic rings. The minimum Gasteiger partial charge on any atom is -0.508 e. The SMILES string of the molecule is O=C(O)Cc1cc(Br)c(S(=O)(=O)c2ccc(O)c(Cc3ccc(O)cc3)c2)c(Br)c1. The summed E-state index contributed by atoms with van der Waals surface area (Å²) in [5, 5.41) is 28.6. The standard InChI is InChI=1S/C21H16Br2O6S/c22-17-8-13(10-20(26)27)9-18(23)21(17)30(28,29)16-5-6-19(25)14(11-16)7-12-1-3-15(24)4-2-12/h1-6,8-9,11,24-25H,7,10H2,(H,26,27). The number of phenols is 2. The van der Waals surface area contributed by atoms with Gasteiger partial charge in [-0.2, -0.15) is 0 Å². The summed E-state index contributed by atoms with van der Waals surface area (Å²) in [6.07, 6.45) is 0.0306. The molecule has 6 nitrogen and oxygen atoms in total. The first-order chi connectivity index (χ1) is 14.1. The number of hydrogen-bond acceptors (Lipinski definition) is 5. The smallest absolute Gasteiger partial charge is 0.307 e. The van der Waals surface area contributed by atoms with Gasteiger partial charge in [-0.05, 0) is 91.0 Å². The molecule has 0 bridgehead atoms. The fraction of sp³-hybridized carbons (Fsp3) is 0.0952. The second kappa shape index (κ2) is 8.79. The number of benzene rings is 3. The fourth-order valence-corrected chi connectivity index (χ4v) is 6.94. The van der Waals surface area contributed by atoms with Gasteiger partial charge >= 0.3 is 5.97 Å². The van der Waals surface area contributed by atoms with Gasteiger partial charge in [0.25, 0.3) is 0 Å². The Hall–Kier alpha value is -2.36. The van der Waals surface area contributed by atoms with Gasteiger partial charge in [-0.25, -0.2) is 8.42 Å². The van der Waals surface area contributed by atoms with Crippen LogP contribution in [0.15, 0.2) is 73.3 Å². The van der Waals surface area contributed by atoms with Crippen molar-refractivity contribution in [1.29, 1.82) is 0 Å². The summed E-state index contributed by atoms with van der Waals surface area (Å²) in [6.45, 7) is 0. The Labute approximate surface area is 190 Å². The van der Waals surface area contributed by atoms with Crippen molar-refractivity contribution in [3.63, 3.8) is 0 Å². The third-order valence-electron chi connectivity index (χ3n) is 4.37. The van der Waals surface area contributed by atoms with Crippen LogP contribution in [0.5, 0.6) is 11.5 Å². The number of phenolic OH excluding ortho intramolecular Hbond substituents is 2. The Bertz CT molecular complexity index is 1200. The van der Waals surface area contributed by atoms with Crippen LogP contribution >= 0.6 is 31.9 Å². The number of carboxylic acid groups (broad SMARTS) is 1. The third kappa shape index (κ3) is 4.85. The molecule has 0 spiro atoms. The van der Waals surface area contributed by atoms with E-state index in [0.29, 0.717) is 11.1 Å². The summed E-state index contributed by atoms with van der Waals surface area (Å²) in [5.41, 5.74) is 1.65. The monoisotopic (exact) mass is 554 g/mol. The molecule has 0 aliphatic carbocycles. The Kier molecular flexibility index (Phi) is 6.54. The molecule has 0 saturated heterocycles. The van der Waals surface area contributed by atoms with Crippen LogP contribution in [0, 0.1) is 0 Å². The predicted molar refractivity (Wildman–Crippen MR) is 118 cm³/mol. The molecule has 0 saturated carbocycles. The zero-order chi connectivity index (χ0) is 22.1. The molecule has 0 unspecified atom stereocenters. The van der Waals surface area contributed by atoms with Gasteiger partial charge in [0.15, 0.2) is 0 Å². The quantitative estimate of drug-likeness (QED) is 0.407. The van der Waals surface area contributed by atoms with Crippen LogP contribution in [-0.2, 0) is 27.5 Å². The van der Waals surface area contributed by atoms with E-state index in [1.807, 2.05) is 0 Å². The van der Waals surface area contributed by atoms with E-state index in [2.05, 4.69) is 31.9 Å². The van der Waals surface area contributed by atoms with Crippen molar-refractivity contribution in [3.05, 3.63) is 80.2 Å². The first-order valence-corrected chi connectivity index (χ1v) is 11.7. The second-order valence-electron chi connectivity index (χ2n) is 6.60. The number of carbonyl (C=O) groups is 1. The lowest BCUT2D eigenvalue weighted by Gasteiger charge is -2.13. The lowest BCUT2D eigenvalue weighted by molar-refractivity contribution is -0.136. The molecule has 30 heavy (non-hydrogen) atoms. The molecular formula is C21H16Br2O6S. The summed E-state index contributed by atoms with van der Waals surface area (Å²) in [7, 11) is -3.98. The number of aromatic hydroxyl groups is 2. The van der Waals surface area contributed by atoms with Gasteiger partial charge in [0.2, 0.25) is 9.84 Å². The normalized spacial score (nSPS) is 11.4. The highest BCUT2D eigenvalue weighted by Crippen LogP contribution is 2.37. The van der Waals surface area contributed by atoms with E-state index in [1.54, 1.807) is 12.1 Å². The zero-order valence-corrected chi connectivity index (χ0v) is 19.3. The summed E-state index contributed by atoms with van der Waals surface area (Å²) >= 11 is 6.48. The van der Waals surface area contributed by atoms with Gasteiger partial charge < -0.3 is 15.3 Å². The molecule has 3 aromatic carbocycles. The lowest BCUT2D eigenvalue weighted by atomic mass is 10.0. The Morgan fingerprint density at radius 3 is 2.03 bits per heavy atom. The van der Waals surface area contributed by atoms with Gasteiger partial charge in [-0.3, -0.25) is 4.79 Å². The van der Waals surface area contributed by atoms with Crippen molar-refractivity contribution in [2.75, 3.05) is 0 Å². The second-order valence-corrected chi connectivity index (χ2v) is 10.2. The molecule has 156 valence electrons. The van der Waals surface area contributed by atoms with Crippen LogP contribution in [0.2, 0.25) is 0 Å². The number of hydrogen-bond donors (Lipinski definition) is 3. The summed E-state index contributed by atoms with van der Waals surface area (Å²) in [6, 6.07) is 13.4. The van der Waals surface area contributed by atoms with Crippen molar-refractivity contribution < 1.29 is 28.5 Å². The van der Waals surface area contributed by atoms with Crippen LogP contribution in [0.1, 0.15) is 16.7 Å². The molecule has 0 heterocycles. The molecule has 0 aromatic heterocycles. The highest BCUT2D eigenvalue weighted by Gasteiger charge is 2.25. The third-order valence-corrected chi connectivity index (χ3v) is 8.00. The van der Waals surface area contributed by atoms with E-state index in [4.69, 9.17) is 5.11 Å². The average Bonchev–Trinajstić information content (AvgIpc) is 2.63. The first kappa shape index (κ1) is 22.3. The largest absolute Gasteiger partial charge is 0.508 e. The van der Waals surface area contributed by atoms with E-state index >= 15 is 0 Å². The highest BCUT2D eigenvalue weighted by molar-refractivity contribution is 9.11. The van der Waals surface area contributed by atoms with Crippen molar-refractivity contribution >= 4 is 47.7 Å². The Balaban J connectivity index is 2.02. The van der Waals surface area contributed by atoms with E-state index in [1.165, 1.54) is 42.5 Å². The molecular weight excluding hydrogens is 540 g/mol. The minimum absolute atomic E-state index is 0.0125. The molecule has 0 aliphatic heterocycles. The van der Waals surface area contributed by atoms with Crippen LogP contribution in [0.3, 0.4) is 0 Å². The Morgan fingerprint density at radius 1 is 0.867 bits per heavy atom. The molecule has 0 amide bonds. The fourth-order valence-electron chi connectivity index (χ4n) is 2.97. The van der Waals surface area contributed by atoms with Crippen LogP contribution in [0.25, 0.3) is 0 Å². The van der Waals surface area contributed by atoms with E-state index in [9.17, 15) is 23.4 Å². The van der Waals surface area contributed by atoms with Crippen molar-refractivity contribution in [2.24, 2.45) is 0 Å².